The van der Waals surface area contributed by atoms with Gasteiger partial charge in [0.05, 0.1) is 6.04 Å². The Kier molecular flexibility index (Phi) is 10.9. The molecule has 0 aromatic carbocycles. The summed E-state index contributed by atoms with van der Waals surface area (Å²) in [6, 6.07) is -0.504. The Morgan fingerprint density at radius 2 is 1.87 bits per heavy atom. The number of unbranched alkanes of at least 4 members (excludes halogenated alkanes) is 1. The number of hydrogen-bond donors (Lipinski definition) is 4. The maximum Gasteiger partial charge on any atom is 0.249 e. The first-order valence-corrected chi connectivity index (χ1v) is 11.6. The summed E-state index contributed by atoms with van der Waals surface area (Å²) >= 11 is 0. The van der Waals surface area contributed by atoms with Crippen molar-refractivity contribution in [2.45, 2.75) is 88.3 Å². The number of ether oxygens (including phenoxy) is 1. The second kappa shape index (κ2) is 13.4. The molecule has 2 atom stereocenters. The van der Waals surface area contributed by atoms with Gasteiger partial charge in [0.2, 0.25) is 17.7 Å². The monoisotopic (exact) mass is 438 g/mol. The molecule has 9 nitrogen and oxygen atoms in total. The Bertz CT molecular complexity index is 601. The van der Waals surface area contributed by atoms with Crippen molar-refractivity contribution in [2.75, 3.05) is 26.7 Å². The Balaban J connectivity index is 1.78. The van der Waals surface area contributed by atoms with Crippen LogP contribution in [0.15, 0.2) is 0 Å². The largest absolute Gasteiger partial charge is 0.368 e. The minimum Gasteiger partial charge on any atom is -0.368 e. The molecule has 0 radical (unpaired) electrons. The lowest BCUT2D eigenvalue weighted by Gasteiger charge is -2.37. The van der Waals surface area contributed by atoms with Gasteiger partial charge in [-0.1, -0.05) is 19.3 Å². The maximum absolute atomic E-state index is 13.0. The van der Waals surface area contributed by atoms with Crippen molar-refractivity contribution in [1.82, 2.24) is 21.3 Å². The second-order valence-electron chi connectivity index (χ2n) is 8.55. The molecule has 1 saturated carbocycles. The summed E-state index contributed by atoms with van der Waals surface area (Å²) < 4.78 is 5.45. The lowest BCUT2D eigenvalue weighted by Crippen LogP contribution is -2.61. The number of amides is 3. The fraction of sp³-hybridized carbons (Fsp3) is 0.818. The van der Waals surface area contributed by atoms with E-state index in [0.29, 0.717) is 32.3 Å². The Hall–Kier alpha value is -2.00. The normalized spacial score (nSPS) is 21.1. The second-order valence-corrected chi connectivity index (χ2v) is 8.55. The average Bonchev–Trinajstić information content (AvgIpc) is 3.31. The molecule has 1 heterocycles. The fourth-order valence-corrected chi connectivity index (χ4v) is 4.24. The zero-order chi connectivity index (χ0) is 22.5. The summed E-state index contributed by atoms with van der Waals surface area (Å²) in [5.74, 6) is -0.739. The summed E-state index contributed by atoms with van der Waals surface area (Å²) in [6.45, 7) is 1.61. The highest BCUT2D eigenvalue weighted by atomic mass is 16.5. The van der Waals surface area contributed by atoms with Crippen LogP contribution in [0.5, 0.6) is 0 Å². The summed E-state index contributed by atoms with van der Waals surface area (Å²) in [5.41, 5.74) is -0.934. The van der Waals surface area contributed by atoms with Crippen LogP contribution in [0.1, 0.15) is 70.6 Å². The summed E-state index contributed by atoms with van der Waals surface area (Å²) in [5, 5.41) is 11.5. The maximum atomic E-state index is 13.0. The highest BCUT2D eigenvalue weighted by Crippen LogP contribution is 2.29. The molecule has 3 amide bonds. The number of rotatable bonds is 13. The molecule has 4 N–H and O–H groups in total. The van der Waals surface area contributed by atoms with Crippen molar-refractivity contribution >= 4 is 24.0 Å². The molecule has 1 saturated heterocycles. The van der Waals surface area contributed by atoms with Gasteiger partial charge in [0.1, 0.15) is 17.9 Å². The topological polar surface area (TPSA) is 126 Å². The van der Waals surface area contributed by atoms with Gasteiger partial charge in [-0.2, -0.15) is 0 Å². The third-order valence-electron chi connectivity index (χ3n) is 6.07. The van der Waals surface area contributed by atoms with E-state index >= 15 is 0 Å². The quantitative estimate of drug-likeness (QED) is 0.246. The van der Waals surface area contributed by atoms with Gasteiger partial charge in [0, 0.05) is 19.6 Å². The average molecular weight is 439 g/mol. The third kappa shape index (κ3) is 8.22. The van der Waals surface area contributed by atoms with Gasteiger partial charge in [-0.15, -0.1) is 0 Å². The van der Waals surface area contributed by atoms with Crippen LogP contribution in [-0.4, -0.2) is 68.4 Å². The molecule has 0 aromatic rings. The molecule has 2 fully saturated rings. The van der Waals surface area contributed by atoms with E-state index in [1.807, 2.05) is 7.05 Å². The standard InChI is InChI=1S/C22H38N4O5/c1-23-13-6-3-8-17(16-27)25-19(28)10-14-24-21(30)22(11-4-2-5-12-22)26-20(29)18-9-7-15-31-18/h16-18,23H,2-15H2,1H3,(H,24,30)(H,25,28)(H,26,29)/t17-,18?/m0/s1. The van der Waals surface area contributed by atoms with Crippen LogP contribution >= 0.6 is 0 Å². The van der Waals surface area contributed by atoms with E-state index in [1.165, 1.54) is 0 Å². The van der Waals surface area contributed by atoms with Crippen LogP contribution in [0.4, 0.5) is 0 Å². The third-order valence-corrected chi connectivity index (χ3v) is 6.07. The first-order valence-electron chi connectivity index (χ1n) is 11.6. The smallest absolute Gasteiger partial charge is 0.249 e. The lowest BCUT2D eigenvalue weighted by molar-refractivity contribution is -0.139. The van der Waals surface area contributed by atoms with Crippen molar-refractivity contribution < 1.29 is 23.9 Å². The molecule has 1 aliphatic carbocycles. The molecule has 176 valence electrons. The van der Waals surface area contributed by atoms with Crippen LogP contribution in [0, 0.1) is 0 Å². The van der Waals surface area contributed by atoms with Gasteiger partial charge in [0.15, 0.2) is 0 Å². The van der Waals surface area contributed by atoms with E-state index in [4.69, 9.17) is 4.74 Å². The van der Waals surface area contributed by atoms with Crippen molar-refractivity contribution in [3.05, 3.63) is 0 Å². The summed E-state index contributed by atoms with van der Waals surface area (Å²) in [4.78, 5) is 48.9. The highest BCUT2D eigenvalue weighted by Gasteiger charge is 2.42. The van der Waals surface area contributed by atoms with Crippen LogP contribution < -0.4 is 21.3 Å². The minimum absolute atomic E-state index is 0.0857. The van der Waals surface area contributed by atoms with Gasteiger partial charge in [-0.25, -0.2) is 0 Å². The Labute approximate surface area is 184 Å². The van der Waals surface area contributed by atoms with Crippen molar-refractivity contribution in [1.29, 1.82) is 0 Å². The number of aldehydes is 1. The van der Waals surface area contributed by atoms with Crippen molar-refractivity contribution in [3.8, 4) is 0 Å². The minimum atomic E-state index is -0.934. The number of carbonyl (C=O) groups excluding carboxylic acids is 4. The first kappa shape index (κ1) is 25.3. The SMILES string of the molecule is CNCCCC[C@@H](C=O)NC(=O)CCNC(=O)C1(NC(=O)C2CCCO2)CCCCC1. The predicted molar refractivity (Wildman–Crippen MR) is 116 cm³/mol. The molecule has 1 unspecified atom stereocenters. The molecule has 2 rings (SSSR count). The lowest BCUT2D eigenvalue weighted by atomic mass is 9.80. The van der Waals surface area contributed by atoms with Crippen LogP contribution in [0.25, 0.3) is 0 Å². The molecule has 2 aliphatic rings. The highest BCUT2D eigenvalue weighted by molar-refractivity contribution is 5.93. The molecule has 0 aromatic heterocycles. The predicted octanol–water partition coefficient (Wildman–Crippen LogP) is 0.564. The summed E-state index contributed by atoms with van der Waals surface area (Å²) in [7, 11) is 1.87. The van der Waals surface area contributed by atoms with Gasteiger partial charge >= 0.3 is 0 Å². The van der Waals surface area contributed by atoms with E-state index < -0.39 is 17.7 Å². The molecule has 1 aliphatic heterocycles. The molecule has 0 bridgehead atoms. The van der Waals surface area contributed by atoms with Crippen LogP contribution in [0.3, 0.4) is 0 Å². The number of hydrogen-bond acceptors (Lipinski definition) is 6. The van der Waals surface area contributed by atoms with E-state index in [-0.39, 0.29) is 30.7 Å². The fourth-order valence-electron chi connectivity index (χ4n) is 4.24. The van der Waals surface area contributed by atoms with Crippen molar-refractivity contribution in [3.63, 3.8) is 0 Å². The molecule has 31 heavy (non-hydrogen) atoms. The van der Waals surface area contributed by atoms with Crippen molar-refractivity contribution in [2.24, 2.45) is 0 Å². The zero-order valence-corrected chi connectivity index (χ0v) is 18.7. The molecule has 9 heteroatoms. The van der Waals surface area contributed by atoms with E-state index in [1.54, 1.807) is 0 Å². The number of nitrogens with one attached hydrogen (secondary N) is 4. The van der Waals surface area contributed by atoms with Crippen LogP contribution in [-0.2, 0) is 23.9 Å². The number of carbonyl (C=O) groups is 4. The molecule has 0 spiro atoms. The van der Waals surface area contributed by atoms with Gasteiger partial charge < -0.3 is 30.8 Å². The Morgan fingerprint density at radius 3 is 2.52 bits per heavy atom. The van der Waals surface area contributed by atoms with E-state index in [0.717, 1.165) is 51.4 Å². The van der Waals surface area contributed by atoms with Gasteiger partial charge in [0.25, 0.3) is 0 Å². The molecular formula is C22H38N4O5. The molecular weight excluding hydrogens is 400 g/mol. The van der Waals surface area contributed by atoms with E-state index in [9.17, 15) is 19.2 Å². The zero-order valence-electron chi connectivity index (χ0n) is 18.7. The Morgan fingerprint density at radius 1 is 1.10 bits per heavy atom. The first-order chi connectivity index (χ1) is 15.0. The summed E-state index contributed by atoms with van der Waals surface area (Å²) in [6.07, 6.45) is 8.22. The van der Waals surface area contributed by atoms with E-state index in [2.05, 4.69) is 21.3 Å². The van der Waals surface area contributed by atoms with Gasteiger partial charge in [-0.05, 0) is 58.5 Å². The van der Waals surface area contributed by atoms with Crippen LogP contribution in [0.2, 0.25) is 0 Å². The van der Waals surface area contributed by atoms with Gasteiger partial charge in [-0.3, -0.25) is 14.4 Å².